The Hall–Kier alpha value is -3.42. The molecule has 8 nitrogen and oxygen atoms in total. The van der Waals surface area contributed by atoms with E-state index in [-0.39, 0.29) is 22.2 Å². The highest BCUT2D eigenvalue weighted by Gasteiger charge is 2.24. The van der Waals surface area contributed by atoms with Crippen LogP contribution in [0, 0.1) is 10.1 Å². The Morgan fingerprint density at radius 2 is 2.17 bits per heavy atom. The van der Waals surface area contributed by atoms with Gasteiger partial charge in [-0.1, -0.05) is 5.75 Å². The molecule has 0 saturated carbocycles. The number of pyridine rings is 1. The summed E-state index contributed by atoms with van der Waals surface area (Å²) in [5, 5.41) is 26.9. The third-order valence-corrected chi connectivity index (χ3v) is 3.54. The lowest BCUT2D eigenvalue weighted by atomic mass is 9.99. The van der Waals surface area contributed by atoms with Gasteiger partial charge in [-0.05, 0) is 29.8 Å². The average Bonchev–Trinajstić information content (AvgIpc) is 3.07. The van der Waals surface area contributed by atoms with Gasteiger partial charge in [0.05, 0.1) is 22.1 Å². The van der Waals surface area contributed by atoms with Gasteiger partial charge in [-0.15, -0.1) is 0 Å². The maximum absolute atomic E-state index is 12.7. The van der Waals surface area contributed by atoms with E-state index in [1.165, 1.54) is 31.5 Å². The van der Waals surface area contributed by atoms with Gasteiger partial charge in [-0.25, -0.2) is 0 Å². The molecule has 1 amide bonds. The van der Waals surface area contributed by atoms with Crippen LogP contribution < -0.4 is 10.4 Å². The number of hydrogen-bond donors (Lipinski definition) is 1. The molecular weight excluding hydrogens is 314 g/mol. The van der Waals surface area contributed by atoms with E-state index in [1.54, 1.807) is 12.1 Å². The summed E-state index contributed by atoms with van der Waals surface area (Å²) in [6, 6.07) is 6.39. The van der Waals surface area contributed by atoms with Gasteiger partial charge in [0.15, 0.2) is 0 Å². The zero-order valence-corrected chi connectivity index (χ0v) is 12.6. The second-order valence-electron chi connectivity index (χ2n) is 5.12. The van der Waals surface area contributed by atoms with Crippen LogP contribution in [0.5, 0.6) is 5.75 Å². The zero-order chi connectivity index (χ0) is 17.3. The van der Waals surface area contributed by atoms with Crippen LogP contribution in [-0.2, 0) is 4.79 Å². The monoisotopic (exact) mass is 326 g/mol. The highest BCUT2D eigenvalue weighted by Crippen LogP contribution is 2.38. The molecule has 2 heterocycles. The maximum Gasteiger partial charge on any atom is 0.279 e. The van der Waals surface area contributed by atoms with Gasteiger partial charge < -0.3 is 14.8 Å². The molecule has 0 aliphatic heterocycles. The van der Waals surface area contributed by atoms with Crippen molar-refractivity contribution in [1.82, 2.24) is 10.3 Å². The number of benzene rings is 1. The van der Waals surface area contributed by atoms with Crippen molar-refractivity contribution in [1.29, 1.82) is 0 Å². The van der Waals surface area contributed by atoms with Gasteiger partial charge >= 0.3 is 0 Å². The Balaban J connectivity index is 2.29. The first-order chi connectivity index (χ1) is 11.5. The van der Waals surface area contributed by atoms with E-state index in [0.29, 0.717) is 5.76 Å². The standard InChI is InChI=1S/C16H13N3O5/c1-9(20)18-14(13-5-3-7-24-13)11-8-12(19(22)23)10-4-2-6-17-15(10)16(11)21/h2-8,14,21H,1H3,(H,18,20)/p-1/t14-/m0/s1. The van der Waals surface area contributed by atoms with E-state index in [2.05, 4.69) is 10.3 Å². The number of nitro groups is 1. The highest BCUT2D eigenvalue weighted by molar-refractivity contribution is 5.93. The molecule has 2 aromatic heterocycles. The average molecular weight is 326 g/mol. The smallest absolute Gasteiger partial charge is 0.279 e. The number of aromatic nitrogens is 1. The summed E-state index contributed by atoms with van der Waals surface area (Å²) in [6.07, 6.45) is 2.78. The number of carbonyl (C=O) groups is 1. The van der Waals surface area contributed by atoms with E-state index < -0.39 is 22.6 Å². The van der Waals surface area contributed by atoms with Crippen molar-refractivity contribution in [2.75, 3.05) is 0 Å². The van der Waals surface area contributed by atoms with Crippen molar-refractivity contribution in [2.24, 2.45) is 0 Å². The number of nitrogens with one attached hydrogen (secondary N) is 1. The first kappa shape index (κ1) is 15.5. The Morgan fingerprint density at radius 3 is 2.79 bits per heavy atom. The second kappa shape index (κ2) is 5.99. The number of nitro benzene ring substituents is 1. The molecule has 0 bridgehead atoms. The predicted molar refractivity (Wildman–Crippen MR) is 82.2 cm³/mol. The fourth-order valence-electron chi connectivity index (χ4n) is 2.55. The molecular formula is C16H12N3O5-. The molecule has 0 aliphatic carbocycles. The van der Waals surface area contributed by atoms with Gasteiger partial charge in [0.25, 0.3) is 5.69 Å². The van der Waals surface area contributed by atoms with E-state index in [4.69, 9.17) is 4.42 Å². The zero-order valence-electron chi connectivity index (χ0n) is 12.6. The number of hydrogen-bond acceptors (Lipinski definition) is 6. The summed E-state index contributed by atoms with van der Waals surface area (Å²) in [4.78, 5) is 26.3. The molecule has 3 rings (SSSR count). The molecule has 0 fully saturated rings. The topological polar surface area (TPSA) is 121 Å². The number of fused-ring (bicyclic) bond motifs is 1. The van der Waals surface area contributed by atoms with Crippen LogP contribution in [0.15, 0.2) is 47.2 Å². The molecule has 3 aromatic rings. The van der Waals surface area contributed by atoms with Crippen LogP contribution in [0.3, 0.4) is 0 Å². The number of nitrogens with zero attached hydrogens (tertiary/aromatic N) is 2. The van der Waals surface area contributed by atoms with Crippen molar-refractivity contribution in [3.05, 3.63) is 64.2 Å². The van der Waals surface area contributed by atoms with Crippen molar-refractivity contribution >= 4 is 22.5 Å². The van der Waals surface area contributed by atoms with Gasteiger partial charge in [-0.3, -0.25) is 19.9 Å². The number of non-ortho nitro benzene ring substituents is 1. The Bertz CT molecular complexity index is 921. The fraction of sp³-hybridized carbons (Fsp3) is 0.125. The lowest BCUT2D eigenvalue weighted by molar-refractivity contribution is -0.383. The fourth-order valence-corrected chi connectivity index (χ4v) is 2.55. The van der Waals surface area contributed by atoms with E-state index in [0.717, 1.165) is 6.07 Å². The Kier molecular flexibility index (Phi) is 3.87. The molecule has 1 aromatic carbocycles. The van der Waals surface area contributed by atoms with Crippen molar-refractivity contribution in [3.63, 3.8) is 0 Å². The molecule has 1 N–H and O–H groups in total. The van der Waals surface area contributed by atoms with Crippen molar-refractivity contribution < 1.29 is 19.2 Å². The van der Waals surface area contributed by atoms with Gasteiger partial charge in [-0.2, -0.15) is 0 Å². The maximum atomic E-state index is 12.7. The highest BCUT2D eigenvalue weighted by atomic mass is 16.6. The number of amides is 1. The van der Waals surface area contributed by atoms with Crippen LogP contribution in [0.2, 0.25) is 0 Å². The van der Waals surface area contributed by atoms with Crippen LogP contribution >= 0.6 is 0 Å². The summed E-state index contributed by atoms with van der Waals surface area (Å²) < 4.78 is 5.27. The minimum atomic E-state index is -0.935. The quantitative estimate of drug-likeness (QED) is 0.578. The third kappa shape index (κ3) is 2.65. The van der Waals surface area contributed by atoms with Crippen LogP contribution in [-0.4, -0.2) is 15.8 Å². The summed E-state index contributed by atoms with van der Waals surface area (Å²) in [6.45, 7) is 1.29. The summed E-state index contributed by atoms with van der Waals surface area (Å²) in [5.74, 6) is -0.599. The summed E-state index contributed by atoms with van der Waals surface area (Å²) >= 11 is 0. The molecule has 0 spiro atoms. The summed E-state index contributed by atoms with van der Waals surface area (Å²) in [5.41, 5.74) is -0.253. The van der Waals surface area contributed by atoms with Crippen LogP contribution in [0.4, 0.5) is 5.69 Å². The molecule has 0 saturated heterocycles. The minimum absolute atomic E-state index is 0.0244. The van der Waals surface area contributed by atoms with E-state index >= 15 is 0 Å². The molecule has 0 aliphatic rings. The first-order valence-electron chi connectivity index (χ1n) is 7.02. The SMILES string of the molecule is CC(=O)N[C@H](c1ccco1)c1cc([N+](=O)[O-])c2cccnc2c1[O-]. The Labute approximate surface area is 135 Å². The largest absolute Gasteiger partial charge is 0.871 e. The van der Waals surface area contributed by atoms with Crippen molar-refractivity contribution in [3.8, 4) is 5.75 Å². The lowest BCUT2D eigenvalue weighted by Crippen LogP contribution is -2.27. The molecule has 8 heteroatoms. The third-order valence-electron chi connectivity index (χ3n) is 3.54. The minimum Gasteiger partial charge on any atom is -0.871 e. The van der Waals surface area contributed by atoms with Crippen LogP contribution in [0.1, 0.15) is 24.3 Å². The number of carbonyl (C=O) groups excluding carboxylic acids is 1. The molecule has 122 valence electrons. The normalized spacial score (nSPS) is 12.0. The molecule has 1 atom stereocenters. The first-order valence-corrected chi connectivity index (χ1v) is 7.02. The van der Waals surface area contributed by atoms with Crippen LogP contribution in [0.25, 0.3) is 10.9 Å². The molecule has 24 heavy (non-hydrogen) atoms. The van der Waals surface area contributed by atoms with Crippen molar-refractivity contribution in [2.45, 2.75) is 13.0 Å². The van der Waals surface area contributed by atoms with E-state index in [1.807, 2.05) is 0 Å². The lowest BCUT2D eigenvalue weighted by Gasteiger charge is -2.23. The second-order valence-corrected chi connectivity index (χ2v) is 5.12. The van der Waals surface area contributed by atoms with E-state index in [9.17, 15) is 20.0 Å². The molecule has 0 unspecified atom stereocenters. The predicted octanol–water partition coefficient (Wildman–Crippen LogP) is 2.04. The summed E-state index contributed by atoms with van der Waals surface area (Å²) in [7, 11) is 0. The van der Waals surface area contributed by atoms with Gasteiger partial charge in [0, 0.05) is 19.2 Å². The molecule has 0 radical (unpaired) electrons. The number of furan rings is 1. The van der Waals surface area contributed by atoms with Gasteiger partial charge in [0.1, 0.15) is 11.8 Å². The Morgan fingerprint density at radius 1 is 1.38 bits per heavy atom. The van der Waals surface area contributed by atoms with Gasteiger partial charge in [0.2, 0.25) is 5.91 Å². The number of rotatable bonds is 4.